The zero-order chi connectivity index (χ0) is 17.6. The Kier molecular flexibility index (Phi) is 6.96. The van der Waals surface area contributed by atoms with E-state index >= 15 is 0 Å². The van der Waals surface area contributed by atoms with Gasteiger partial charge in [0.25, 0.3) is 0 Å². The Morgan fingerprint density at radius 3 is 2.88 bits per heavy atom. The number of hydrogen-bond donors (Lipinski definition) is 1. The fourth-order valence-electron chi connectivity index (χ4n) is 3.06. The minimum Gasteiger partial charge on any atom is -0.444 e. The van der Waals surface area contributed by atoms with E-state index in [4.69, 9.17) is 4.74 Å². The minimum absolute atomic E-state index is 0.181. The molecule has 0 aliphatic heterocycles. The van der Waals surface area contributed by atoms with Crippen LogP contribution in [0, 0.1) is 11.7 Å². The van der Waals surface area contributed by atoms with Crippen LogP contribution in [0.1, 0.15) is 52.9 Å². The molecule has 1 N–H and O–H groups in total. The first-order valence-corrected chi connectivity index (χ1v) is 9.68. The van der Waals surface area contributed by atoms with Crippen molar-refractivity contribution < 1.29 is 13.9 Å². The fourth-order valence-corrected chi connectivity index (χ4v) is 4.12. The predicted octanol–water partition coefficient (Wildman–Crippen LogP) is 5.39. The summed E-state index contributed by atoms with van der Waals surface area (Å²) < 4.78 is 18.5. The Balaban J connectivity index is 1.72. The number of rotatable bonds is 5. The highest BCUT2D eigenvalue weighted by Crippen LogP contribution is 2.30. The van der Waals surface area contributed by atoms with Gasteiger partial charge >= 0.3 is 6.09 Å². The molecule has 0 saturated heterocycles. The largest absolute Gasteiger partial charge is 0.444 e. The van der Waals surface area contributed by atoms with Crippen LogP contribution in [0.5, 0.6) is 0 Å². The zero-order valence-corrected chi connectivity index (χ0v) is 15.6. The number of halogens is 1. The molecule has 24 heavy (non-hydrogen) atoms. The van der Waals surface area contributed by atoms with Crippen molar-refractivity contribution in [1.82, 2.24) is 5.32 Å². The van der Waals surface area contributed by atoms with Crippen LogP contribution in [0.25, 0.3) is 0 Å². The summed E-state index contributed by atoms with van der Waals surface area (Å²) in [6, 6.07) is 6.95. The van der Waals surface area contributed by atoms with Gasteiger partial charge in [-0.15, -0.1) is 11.8 Å². The van der Waals surface area contributed by atoms with Crippen LogP contribution in [0.2, 0.25) is 0 Å². The molecule has 1 saturated carbocycles. The highest BCUT2D eigenvalue weighted by Gasteiger charge is 2.25. The van der Waals surface area contributed by atoms with E-state index in [2.05, 4.69) is 5.32 Å². The predicted molar refractivity (Wildman–Crippen MR) is 96.9 cm³/mol. The van der Waals surface area contributed by atoms with Crippen LogP contribution in [0.15, 0.2) is 29.2 Å². The van der Waals surface area contributed by atoms with Gasteiger partial charge in [0, 0.05) is 10.9 Å². The number of alkyl carbamates (subject to hydrolysis) is 1. The molecule has 0 aromatic heterocycles. The van der Waals surface area contributed by atoms with Crippen molar-refractivity contribution >= 4 is 17.9 Å². The number of hydrogen-bond acceptors (Lipinski definition) is 3. The number of benzene rings is 1. The molecule has 1 fully saturated rings. The molecule has 2 rings (SSSR count). The topological polar surface area (TPSA) is 38.3 Å². The number of carbonyl (C=O) groups is 1. The molecule has 1 aliphatic carbocycles. The van der Waals surface area contributed by atoms with Gasteiger partial charge in [0.05, 0.1) is 0 Å². The summed E-state index contributed by atoms with van der Waals surface area (Å²) in [5, 5.41) is 3.00. The van der Waals surface area contributed by atoms with E-state index in [0.29, 0.717) is 5.92 Å². The molecule has 134 valence electrons. The third kappa shape index (κ3) is 7.12. The Morgan fingerprint density at radius 2 is 2.17 bits per heavy atom. The smallest absolute Gasteiger partial charge is 0.407 e. The number of amides is 1. The molecule has 5 heteroatoms. The molecule has 3 nitrogen and oxygen atoms in total. The first-order chi connectivity index (χ1) is 11.3. The highest BCUT2D eigenvalue weighted by molar-refractivity contribution is 7.99. The van der Waals surface area contributed by atoms with Crippen LogP contribution < -0.4 is 5.32 Å². The third-order valence-corrected chi connectivity index (χ3v) is 5.12. The number of thioether (sulfide) groups is 1. The number of ether oxygens (including phenoxy) is 1. The average molecular weight is 354 g/mol. The first-order valence-electron chi connectivity index (χ1n) is 8.70. The molecule has 2 atom stereocenters. The molecule has 0 heterocycles. The van der Waals surface area contributed by atoms with Crippen LogP contribution in [0.4, 0.5) is 9.18 Å². The lowest BCUT2D eigenvalue weighted by atomic mass is 9.84. The Bertz CT molecular complexity index is 544. The SMILES string of the molecule is CC(C)(C)OC(=O)N[C@H]1CCC[C@@H](CCSc2cccc(F)c2)C1. The summed E-state index contributed by atoms with van der Waals surface area (Å²) in [7, 11) is 0. The second-order valence-corrected chi connectivity index (χ2v) is 8.64. The summed E-state index contributed by atoms with van der Waals surface area (Å²) in [6.45, 7) is 5.62. The molecule has 1 amide bonds. The van der Waals surface area contributed by atoms with Gasteiger partial charge < -0.3 is 10.1 Å². The van der Waals surface area contributed by atoms with Gasteiger partial charge in [0.1, 0.15) is 11.4 Å². The first kappa shape index (κ1) is 19.1. The van der Waals surface area contributed by atoms with Crippen LogP contribution >= 0.6 is 11.8 Å². The normalized spacial score (nSPS) is 21.3. The van der Waals surface area contributed by atoms with E-state index < -0.39 is 5.60 Å². The van der Waals surface area contributed by atoms with Crippen molar-refractivity contribution in [3.8, 4) is 0 Å². The Hall–Kier alpha value is -1.23. The maximum atomic E-state index is 13.2. The number of nitrogens with one attached hydrogen (secondary N) is 1. The second kappa shape index (κ2) is 8.75. The molecule has 1 aromatic rings. The van der Waals surface area contributed by atoms with Gasteiger partial charge in [-0.05, 0) is 69.9 Å². The van der Waals surface area contributed by atoms with Gasteiger partial charge in [-0.2, -0.15) is 0 Å². The van der Waals surface area contributed by atoms with Crippen molar-refractivity contribution in [2.75, 3.05) is 5.75 Å². The molecule has 1 aliphatic rings. The average Bonchev–Trinajstić information content (AvgIpc) is 2.45. The van der Waals surface area contributed by atoms with Crippen LogP contribution in [-0.2, 0) is 4.74 Å². The highest BCUT2D eigenvalue weighted by atomic mass is 32.2. The lowest BCUT2D eigenvalue weighted by molar-refractivity contribution is 0.0484. The summed E-state index contributed by atoms with van der Waals surface area (Å²) in [5.74, 6) is 1.41. The molecular weight excluding hydrogens is 325 g/mol. The lowest BCUT2D eigenvalue weighted by Crippen LogP contribution is -2.41. The Morgan fingerprint density at radius 1 is 1.38 bits per heavy atom. The summed E-state index contributed by atoms with van der Waals surface area (Å²) in [6.07, 6.45) is 5.14. The second-order valence-electron chi connectivity index (χ2n) is 7.47. The van der Waals surface area contributed by atoms with Gasteiger partial charge in [0.2, 0.25) is 0 Å². The van der Waals surface area contributed by atoms with E-state index in [1.165, 1.54) is 12.5 Å². The van der Waals surface area contributed by atoms with Crippen LogP contribution in [0.3, 0.4) is 0 Å². The van der Waals surface area contributed by atoms with E-state index in [1.54, 1.807) is 23.9 Å². The van der Waals surface area contributed by atoms with Crippen molar-refractivity contribution in [3.63, 3.8) is 0 Å². The molecule has 0 spiro atoms. The monoisotopic (exact) mass is 353 g/mol. The molecule has 0 unspecified atom stereocenters. The zero-order valence-electron chi connectivity index (χ0n) is 14.8. The van der Waals surface area contributed by atoms with Crippen LogP contribution in [-0.4, -0.2) is 23.5 Å². The Labute approximate surface area is 148 Å². The molecular formula is C19H28FNO2S. The fraction of sp³-hybridized carbons (Fsp3) is 0.632. The summed E-state index contributed by atoms with van der Waals surface area (Å²) in [5.41, 5.74) is -0.459. The lowest BCUT2D eigenvalue weighted by Gasteiger charge is -2.30. The maximum absolute atomic E-state index is 13.2. The van der Waals surface area contributed by atoms with Crippen molar-refractivity contribution in [2.24, 2.45) is 5.92 Å². The number of carbonyl (C=O) groups excluding carboxylic acids is 1. The maximum Gasteiger partial charge on any atom is 0.407 e. The van der Waals surface area contributed by atoms with E-state index in [0.717, 1.165) is 36.3 Å². The van der Waals surface area contributed by atoms with Gasteiger partial charge in [-0.1, -0.05) is 18.9 Å². The summed E-state index contributed by atoms with van der Waals surface area (Å²) >= 11 is 1.70. The molecule has 0 bridgehead atoms. The quantitative estimate of drug-likeness (QED) is 0.721. The molecule has 0 radical (unpaired) electrons. The van der Waals surface area contributed by atoms with Crippen molar-refractivity contribution in [1.29, 1.82) is 0 Å². The minimum atomic E-state index is -0.459. The van der Waals surface area contributed by atoms with Gasteiger partial charge in [-0.25, -0.2) is 9.18 Å². The van der Waals surface area contributed by atoms with E-state index in [1.807, 2.05) is 26.8 Å². The van der Waals surface area contributed by atoms with E-state index in [-0.39, 0.29) is 18.0 Å². The molecule has 1 aromatic carbocycles. The standard InChI is InChI=1S/C19H28FNO2S/c1-19(2,3)23-18(22)21-16-8-4-6-14(12-16)10-11-24-17-9-5-7-15(20)13-17/h5,7,9,13-14,16H,4,6,8,10-12H2,1-3H3,(H,21,22)/t14-,16-/m0/s1. The van der Waals surface area contributed by atoms with E-state index in [9.17, 15) is 9.18 Å². The van der Waals surface area contributed by atoms with Crippen molar-refractivity contribution in [2.45, 2.75) is 69.4 Å². The third-order valence-electron chi connectivity index (χ3n) is 4.09. The summed E-state index contributed by atoms with van der Waals surface area (Å²) in [4.78, 5) is 12.9. The van der Waals surface area contributed by atoms with Crippen molar-refractivity contribution in [3.05, 3.63) is 30.1 Å². The van der Waals surface area contributed by atoms with Gasteiger partial charge in [0.15, 0.2) is 0 Å². The van der Waals surface area contributed by atoms with Gasteiger partial charge in [-0.3, -0.25) is 0 Å².